The number of nitrogens with zero attached hydrogens (tertiary/aromatic N) is 2. The molecule has 224 valence electrons. The lowest BCUT2D eigenvalue weighted by Gasteiger charge is -2.46. The van der Waals surface area contributed by atoms with Gasteiger partial charge in [0.15, 0.2) is 5.78 Å². The van der Waals surface area contributed by atoms with E-state index in [1.165, 1.54) is 12.7 Å². The normalized spacial score (nSPS) is 19.7. The highest BCUT2D eigenvalue weighted by atomic mass is 35.5. The summed E-state index contributed by atoms with van der Waals surface area (Å²) in [6, 6.07) is 24.8. The minimum atomic E-state index is -3.46. The molecule has 0 bridgehead atoms. The van der Waals surface area contributed by atoms with Crippen LogP contribution in [-0.4, -0.2) is 62.5 Å². The number of piperidine rings is 2. The fourth-order valence-corrected chi connectivity index (χ4v) is 7.99. The van der Waals surface area contributed by atoms with Crippen molar-refractivity contribution in [2.75, 3.05) is 32.4 Å². The lowest BCUT2D eigenvalue weighted by molar-refractivity contribution is 0.0580. The molecule has 0 saturated carbocycles. The van der Waals surface area contributed by atoms with E-state index in [1.54, 1.807) is 0 Å². The summed E-state index contributed by atoms with van der Waals surface area (Å²) in [4.78, 5) is 18.8. The molecule has 2 aliphatic heterocycles. The number of carbonyl (C=O) groups is 1. The first-order valence-electron chi connectivity index (χ1n) is 14.7. The average Bonchev–Trinajstić information content (AvgIpc) is 3.00. The van der Waals surface area contributed by atoms with Gasteiger partial charge in [-0.05, 0) is 68.5 Å². The van der Waals surface area contributed by atoms with Crippen molar-refractivity contribution in [3.63, 3.8) is 0 Å². The Kier molecular flexibility index (Phi) is 10.1. The summed E-state index contributed by atoms with van der Waals surface area (Å²) in [5, 5.41) is 0.976. The number of nitrogens with one attached hydrogen (secondary N) is 1. The molecular formula is C33H39Cl2N3O3S. The molecule has 0 aliphatic carbocycles. The van der Waals surface area contributed by atoms with Gasteiger partial charge in [0.05, 0.1) is 27.9 Å². The molecule has 9 heteroatoms. The Balaban J connectivity index is 1.48. The molecule has 2 heterocycles. The Morgan fingerprint density at radius 1 is 0.833 bits per heavy atom. The standard InChI is InChI=1S/C33H39Cl2N3O3S/c1-42(40,41)36-33(27-13-7-3-8-14-27)17-21-38(22-18-33)30(26-15-16-28(34)29(35)23-26)24-31(37-19-9-4-10-20-37)32(39)25-11-5-2-6-12-25/h2-3,5-8,11-16,23,30-31,36H,4,9-10,17-22,24H2,1H3. The molecule has 42 heavy (non-hydrogen) atoms. The molecule has 0 spiro atoms. The lowest BCUT2D eigenvalue weighted by atomic mass is 9.80. The average molecular weight is 629 g/mol. The van der Waals surface area contributed by atoms with Crippen LogP contribution in [-0.2, 0) is 15.6 Å². The molecule has 0 amide bonds. The summed E-state index contributed by atoms with van der Waals surface area (Å²) in [5.74, 6) is 0.136. The van der Waals surface area contributed by atoms with Gasteiger partial charge in [-0.25, -0.2) is 13.1 Å². The highest BCUT2D eigenvalue weighted by molar-refractivity contribution is 7.88. The third-order valence-electron chi connectivity index (χ3n) is 8.77. The zero-order valence-corrected chi connectivity index (χ0v) is 26.3. The van der Waals surface area contributed by atoms with Gasteiger partial charge in [-0.15, -0.1) is 0 Å². The summed E-state index contributed by atoms with van der Waals surface area (Å²) in [6.45, 7) is 3.09. The smallest absolute Gasteiger partial charge is 0.209 e. The zero-order chi connectivity index (χ0) is 29.7. The molecule has 3 aromatic rings. The third-order valence-corrected chi connectivity index (χ3v) is 10.3. The summed E-state index contributed by atoms with van der Waals surface area (Å²) < 4.78 is 28.0. The Labute approximate surface area is 260 Å². The number of carbonyl (C=O) groups excluding carboxylic acids is 1. The van der Waals surface area contributed by atoms with Crippen molar-refractivity contribution in [3.05, 3.63) is 106 Å². The van der Waals surface area contributed by atoms with Gasteiger partial charge in [0.2, 0.25) is 10.0 Å². The molecule has 2 atom stereocenters. The van der Waals surface area contributed by atoms with E-state index in [2.05, 4.69) is 14.5 Å². The van der Waals surface area contributed by atoms with Gasteiger partial charge >= 0.3 is 0 Å². The van der Waals surface area contributed by atoms with Crippen LogP contribution in [0.1, 0.15) is 66.1 Å². The highest BCUT2D eigenvalue weighted by Crippen LogP contribution is 2.40. The van der Waals surface area contributed by atoms with E-state index in [1.807, 2.05) is 78.9 Å². The van der Waals surface area contributed by atoms with Crippen molar-refractivity contribution < 1.29 is 13.2 Å². The summed E-state index contributed by atoms with van der Waals surface area (Å²) in [7, 11) is -3.46. The van der Waals surface area contributed by atoms with Crippen LogP contribution in [0.15, 0.2) is 78.9 Å². The predicted molar refractivity (Wildman–Crippen MR) is 171 cm³/mol. The minimum Gasteiger partial charge on any atom is -0.296 e. The number of halogens is 2. The van der Waals surface area contributed by atoms with E-state index in [9.17, 15) is 13.2 Å². The van der Waals surface area contributed by atoms with Gasteiger partial charge in [0.1, 0.15) is 0 Å². The summed E-state index contributed by atoms with van der Waals surface area (Å²) in [6.07, 6.45) is 6.36. The van der Waals surface area contributed by atoms with Crippen molar-refractivity contribution in [3.8, 4) is 0 Å². The second kappa shape index (κ2) is 13.6. The molecule has 0 aromatic heterocycles. The number of benzene rings is 3. The number of sulfonamides is 1. The number of hydrogen-bond donors (Lipinski definition) is 1. The topological polar surface area (TPSA) is 69.7 Å². The SMILES string of the molecule is CS(=O)(=O)NC1(c2ccccc2)CCN(C(CC(C(=O)c2ccccc2)N2CCCCC2)c2ccc(Cl)c(Cl)c2)CC1. The van der Waals surface area contributed by atoms with Crippen LogP contribution in [0.2, 0.25) is 10.0 Å². The maximum absolute atomic E-state index is 14.1. The van der Waals surface area contributed by atoms with E-state index < -0.39 is 15.6 Å². The van der Waals surface area contributed by atoms with Gasteiger partial charge in [-0.2, -0.15) is 0 Å². The first kappa shape index (κ1) is 31.2. The molecule has 6 nitrogen and oxygen atoms in total. The molecule has 2 fully saturated rings. The molecule has 2 aliphatic rings. The van der Waals surface area contributed by atoms with E-state index in [-0.39, 0.29) is 17.9 Å². The molecular weight excluding hydrogens is 589 g/mol. The second-order valence-corrected chi connectivity index (χ2v) is 14.2. The first-order valence-corrected chi connectivity index (χ1v) is 17.4. The van der Waals surface area contributed by atoms with Crippen molar-refractivity contribution in [1.29, 1.82) is 0 Å². The van der Waals surface area contributed by atoms with E-state index in [0.717, 1.165) is 42.6 Å². The first-order chi connectivity index (χ1) is 20.2. The molecule has 0 radical (unpaired) electrons. The quantitative estimate of drug-likeness (QED) is 0.253. The minimum absolute atomic E-state index is 0.105. The number of hydrogen-bond acceptors (Lipinski definition) is 5. The van der Waals surface area contributed by atoms with E-state index in [4.69, 9.17) is 23.2 Å². The van der Waals surface area contributed by atoms with Crippen LogP contribution in [0, 0.1) is 0 Å². The number of Topliss-reactive ketones (excluding diaryl/α,β-unsaturated/α-hetero) is 1. The Morgan fingerprint density at radius 3 is 2.05 bits per heavy atom. The largest absolute Gasteiger partial charge is 0.296 e. The van der Waals surface area contributed by atoms with E-state index >= 15 is 0 Å². The maximum Gasteiger partial charge on any atom is 0.209 e. The number of rotatable bonds is 10. The third kappa shape index (κ3) is 7.44. The van der Waals surface area contributed by atoms with Gasteiger partial charge in [-0.1, -0.05) is 96.4 Å². The lowest BCUT2D eigenvalue weighted by Crippen LogP contribution is -2.54. The van der Waals surface area contributed by atoms with Crippen molar-refractivity contribution >= 4 is 39.0 Å². The molecule has 2 saturated heterocycles. The van der Waals surface area contributed by atoms with Gasteiger partial charge < -0.3 is 0 Å². The predicted octanol–water partition coefficient (Wildman–Crippen LogP) is 6.70. The second-order valence-electron chi connectivity index (χ2n) is 11.6. The fourth-order valence-electron chi connectivity index (χ4n) is 6.65. The Hall–Kier alpha value is -2.26. The van der Waals surface area contributed by atoms with Crippen LogP contribution in [0.3, 0.4) is 0 Å². The van der Waals surface area contributed by atoms with Crippen LogP contribution >= 0.6 is 23.2 Å². The maximum atomic E-state index is 14.1. The monoisotopic (exact) mass is 627 g/mol. The van der Waals surface area contributed by atoms with Crippen LogP contribution in [0.5, 0.6) is 0 Å². The summed E-state index contributed by atoms with van der Waals surface area (Å²) >= 11 is 12.9. The van der Waals surface area contributed by atoms with Crippen LogP contribution in [0.25, 0.3) is 0 Å². The molecule has 3 aromatic carbocycles. The van der Waals surface area contributed by atoms with Crippen molar-refractivity contribution in [1.82, 2.24) is 14.5 Å². The van der Waals surface area contributed by atoms with E-state index in [0.29, 0.717) is 42.4 Å². The summed E-state index contributed by atoms with van der Waals surface area (Å²) in [5.41, 5.74) is 2.00. The Morgan fingerprint density at radius 2 is 1.45 bits per heavy atom. The number of likely N-dealkylation sites (tertiary alicyclic amines) is 2. The van der Waals surface area contributed by atoms with Gasteiger partial charge in [-0.3, -0.25) is 14.6 Å². The van der Waals surface area contributed by atoms with Crippen molar-refractivity contribution in [2.45, 2.75) is 56.1 Å². The van der Waals surface area contributed by atoms with Crippen LogP contribution < -0.4 is 4.72 Å². The Bertz CT molecular complexity index is 1460. The zero-order valence-electron chi connectivity index (χ0n) is 24.0. The molecule has 1 N–H and O–H groups in total. The van der Waals surface area contributed by atoms with Crippen molar-refractivity contribution in [2.24, 2.45) is 0 Å². The van der Waals surface area contributed by atoms with Crippen LogP contribution in [0.4, 0.5) is 0 Å². The number of ketones is 1. The molecule has 2 unspecified atom stereocenters. The fraction of sp³-hybridized carbons (Fsp3) is 0.424. The van der Waals surface area contributed by atoms with Gasteiger partial charge in [0, 0.05) is 24.7 Å². The molecule has 5 rings (SSSR count). The highest BCUT2D eigenvalue weighted by Gasteiger charge is 2.41. The van der Waals surface area contributed by atoms with Gasteiger partial charge in [0.25, 0.3) is 0 Å².